The molecule has 22 heavy (non-hydrogen) atoms. The number of rotatable bonds is 5. The summed E-state index contributed by atoms with van der Waals surface area (Å²) in [7, 11) is 0. The molecule has 1 aromatic carbocycles. The lowest BCUT2D eigenvalue weighted by molar-refractivity contribution is -0.115. The van der Waals surface area contributed by atoms with Gasteiger partial charge in [-0.15, -0.1) is 0 Å². The van der Waals surface area contributed by atoms with Crippen molar-refractivity contribution in [1.29, 1.82) is 0 Å². The average molecular weight is 299 g/mol. The number of carbonyl (C=O) groups excluding carboxylic acids is 1. The number of carbonyl (C=O) groups is 1. The second kappa shape index (κ2) is 7.13. The molecule has 5 heteroatoms. The van der Waals surface area contributed by atoms with Gasteiger partial charge in [0.05, 0.1) is 6.42 Å². The van der Waals surface area contributed by atoms with Crippen LogP contribution in [0.4, 0.5) is 5.69 Å². The predicted molar refractivity (Wildman–Crippen MR) is 86.1 cm³/mol. The number of hydrogen-bond acceptors (Lipinski definition) is 3. The van der Waals surface area contributed by atoms with E-state index >= 15 is 0 Å². The molecule has 2 aromatic rings. The van der Waals surface area contributed by atoms with E-state index in [4.69, 9.17) is 4.74 Å². The maximum Gasteiger partial charge on any atom is 0.228 e. The highest BCUT2D eigenvalue weighted by molar-refractivity contribution is 5.92. The van der Waals surface area contributed by atoms with Gasteiger partial charge >= 0.3 is 0 Å². The lowest BCUT2D eigenvalue weighted by Crippen LogP contribution is -2.34. The average Bonchev–Trinajstić information content (AvgIpc) is 3.01. The maximum absolute atomic E-state index is 12.0. The number of nitrogens with one attached hydrogen (secondary N) is 3. The van der Waals surface area contributed by atoms with Crippen LogP contribution in [0.3, 0.4) is 0 Å². The second-order valence-electron chi connectivity index (χ2n) is 5.54. The summed E-state index contributed by atoms with van der Waals surface area (Å²) in [5, 5.41) is 6.23. The van der Waals surface area contributed by atoms with E-state index < -0.39 is 0 Å². The van der Waals surface area contributed by atoms with Crippen molar-refractivity contribution in [2.24, 2.45) is 0 Å². The Hall–Kier alpha value is -2.27. The van der Waals surface area contributed by atoms with E-state index in [1.807, 2.05) is 42.7 Å². The molecule has 0 spiro atoms. The van der Waals surface area contributed by atoms with Gasteiger partial charge in [0.2, 0.25) is 5.91 Å². The molecule has 1 amide bonds. The number of aromatic nitrogens is 1. The van der Waals surface area contributed by atoms with Gasteiger partial charge in [-0.3, -0.25) is 4.79 Å². The normalized spacial score (nSPS) is 15.5. The third-order valence-electron chi connectivity index (χ3n) is 3.73. The quantitative estimate of drug-likeness (QED) is 0.794. The molecule has 5 nitrogen and oxygen atoms in total. The highest BCUT2D eigenvalue weighted by Crippen LogP contribution is 2.21. The Bertz CT molecular complexity index is 604. The van der Waals surface area contributed by atoms with Gasteiger partial charge in [-0.1, -0.05) is 6.07 Å². The Morgan fingerprint density at radius 2 is 2.14 bits per heavy atom. The fourth-order valence-electron chi connectivity index (χ4n) is 2.61. The molecule has 1 fully saturated rings. The third-order valence-corrected chi connectivity index (χ3v) is 3.73. The number of ether oxygens (including phenoxy) is 1. The van der Waals surface area contributed by atoms with Gasteiger partial charge in [-0.2, -0.15) is 0 Å². The molecule has 1 aromatic heterocycles. The molecule has 1 saturated heterocycles. The zero-order valence-electron chi connectivity index (χ0n) is 12.5. The summed E-state index contributed by atoms with van der Waals surface area (Å²) >= 11 is 0. The van der Waals surface area contributed by atoms with E-state index in [0.717, 1.165) is 42.9 Å². The van der Waals surface area contributed by atoms with Crippen molar-refractivity contribution in [1.82, 2.24) is 10.3 Å². The highest BCUT2D eigenvalue weighted by Gasteiger charge is 2.14. The van der Waals surface area contributed by atoms with Crippen molar-refractivity contribution in [3.8, 4) is 5.75 Å². The van der Waals surface area contributed by atoms with Crippen LogP contribution >= 0.6 is 0 Å². The minimum Gasteiger partial charge on any atom is -0.490 e. The summed E-state index contributed by atoms with van der Waals surface area (Å²) in [6, 6.07) is 9.50. The van der Waals surface area contributed by atoms with E-state index in [1.165, 1.54) is 0 Å². The number of aromatic amines is 1. The first kappa shape index (κ1) is 14.7. The molecule has 0 atom stereocenters. The zero-order chi connectivity index (χ0) is 15.2. The molecule has 1 aliphatic rings. The van der Waals surface area contributed by atoms with Crippen LogP contribution in [-0.4, -0.2) is 30.1 Å². The van der Waals surface area contributed by atoms with Crippen LogP contribution in [0, 0.1) is 0 Å². The molecule has 3 N–H and O–H groups in total. The van der Waals surface area contributed by atoms with E-state index in [0.29, 0.717) is 6.42 Å². The van der Waals surface area contributed by atoms with Crippen molar-refractivity contribution in [3.63, 3.8) is 0 Å². The van der Waals surface area contributed by atoms with E-state index in [-0.39, 0.29) is 12.0 Å². The number of piperidine rings is 1. The van der Waals surface area contributed by atoms with Crippen LogP contribution in [0.5, 0.6) is 5.75 Å². The molecule has 0 bridgehead atoms. The number of H-pyrrole nitrogens is 1. The van der Waals surface area contributed by atoms with Gasteiger partial charge in [0, 0.05) is 24.1 Å². The SMILES string of the molecule is O=C(Cc1cc[nH]c1)Nc1cccc(OC2CCNCC2)c1. The first-order valence-electron chi connectivity index (χ1n) is 7.68. The molecule has 0 aliphatic carbocycles. The van der Waals surface area contributed by atoms with Crippen LogP contribution in [0.2, 0.25) is 0 Å². The van der Waals surface area contributed by atoms with Gasteiger partial charge in [-0.05, 0) is 49.7 Å². The molecule has 0 unspecified atom stereocenters. The topological polar surface area (TPSA) is 66.2 Å². The second-order valence-corrected chi connectivity index (χ2v) is 5.54. The van der Waals surface area contributed by atoms with Gasteiger partial charge in [0.25, 0.3) is 0 Å². The lowest BCUT2D eigenvalue weighted by Gasteiger charge is -2.24. The summed E-state index contributed by atoms with van der Waals surface area (Å²) in [6.45, 7) is 2.00. The maximum atomic E-state index is 12.0. The minimum atomic E-state index is -0.0291. The van der Waals surface area contributed by atoms with E-state index in [2.05, 4.69) is 15.6 Å². The van der Waals surface area contributed by atoms with Gasteiger partial charge in [-0.25, -0.2) is 0 Å². The van der Waals surface area contributed by atoms with Gasteiger partial charge in [0.15, 0.2) is 0 Å². The van der Waals surface area contributed by atoms with Gasteiger partial charge < -0.3 is 20.4 Å². The standard InChI is InChI=1S/C17H21N3O2/c21-17(10-13-4-7-19-12-13)20-14-2-1-3-16(11-14)22-15-5-8-18-9-6-15/h1-4,7,11-12,15,18-19H,5-6,8-10H2,(H,20,21). The molecular weight excluding hydrogens is 278 g/mol. The first-order chi connectivity index (χ1) is 10.8. The molecule has 116 valence electrons. The van der Waals surface area contributed by atoms with Crippen LogP contribution in [-0.2, 0) is 11.2 Å². The Kier molecular flexibility index (Phi) is 4.75. The van der Waals surface area contributed by atoms with Crippen molar-refractivity contribution >= 4 is 11.6 Å². The molecule has 3 rings (SSSR count). The van der Waals surface area contributed by atoms with Crippen LogP contribution in [0.1, 0.15) is 18.4 Å². The third kappa shape index (κ3) is 4.11. The molecule has 0 radical (unpaired) electrons. The fraction of sp³-hybridized carbons (Fsp3) is 0.353. The summed E-state index contributed by atoms with van der Waals surface area (Å²) in [6.07, 6.45) is 6.30. The number of benzene rings is 1. The van der Waals surface area contributed by atoms with E-state index in [1.54, 1.807) is 0 Å². The largest absolute Gasteiger partial charge is 0.490 e. The Morgan fingerprint density at radius 3 is 2.91 bits per heavy atom. The van der Waals surface area contributed by atoms with Crippen LogP contribution in [0.15, 0.2) is 42.7 Å². The monoisotopic (exact) mass is 299 g/mol. The smallest absolute Gasteiger partial charge is 0.228 e. The zero-order valence-corrected chi connectivity index (χ0v) is 12.5. The Labute approximate surface area is 130 Å². The minimum absolute atomic E-state index is 0.0291. The molecule has 2 heterocycles. The van der Waals surface area contributed by atoms with Gasteiger partial charge in [0.1, 0.15) is 11.9 Å². The van der Waals surface area contributed by atoms with Crippen molar-refractivity contribution < 1.29 is 9.53 Å². The summed E-state index contributed by atoms with van der Waals surface area (Å²) in [5.74, 6) is 0.782. The fourth-order valence-corrected chi connectivity index (χ4v) is 2.61. The van der Waals surface area contributed by atoms with Crippen molar-refractivity contribution in [2.45, 2.75) is 25.4 Å². The predicted octanol–water partition coefficient (Wildman–Crippen LogP) is 2.33. The highest BCUT2D eigenvalue weighted by atomic mass is 16.5. The number of amides is 1. The molecule has 0 saturated carbocycles. The summed E-state index contributed by atoms with van der Waals surface area (Å²) in [4.78, 5) is 15.0. The van der Waals surface area contributed by atoms with Crippen LogP contribution in [0.25, 0.3) is 0 Å². The number of anilines is 1. The Balaban J connectivity index is 1.57. The van der Waals surface area contributed by atoms with Crippen LogP contribution < -0.4 is 15.4 Å². The lowest BCUT2D eigenvalue weighted by atomic mass is 10.1. The van der Waals surface area contributed by atoms with Crippen molar-refractivity contribution in [2.75, 3.05) is 18.4 Å². The molecular formula is C17H21N3O2. The van der Waals surface area contributed by atoms with E-state index in [9.17, 15) is 4.79 Å². The first-order valence-corrected chi connectivity index (χ1v) is 7.68. The summed E-state index contributed by atoms with van der Waals surface area (Å²) in [5.41, 5.74) is 1.74. The summed E-state index contributed by atoms with van der Waals surface area (Å²) < 4.78 is 5.99. The molecule has 1 aliphatic heterocycles. The van der Waals surface area contributed by atoms with Crippen molar-refractivity contribution in [3.05, 3.63) is 48.3 Å². The number of hydrogen-bond donors (Lipinski definition) is 3. The Morgan fingerprint density at radius 1 is 1.27 bits per heavy atom.